The minimum atomic E-state index is -0.184. The maximum atomic E-state index is 11.6. The zero-order valence-electron chi connectivity index (χ0n) is 10.3. The van der Waals surface area contributed by atoms with Crippen LogP contribution in [0.15, 0.2) is 12.1 Å². The van der Waals surface area contributed by atoms with Gasteiger partial charge in [-0.1, -0.05) is 6.07 Å². The van der Waals surface area contributed by atoms with Crippen molar-refractivity contribution in [3.05, 3.63) is 23.3 Å². The van der Waals surface area contributed by atoms with E-state index in [4.69, 9.17) is 14.2 Å². The third-order valence-corrected chi connectivity index (χ3v) is 3.23. The molecule has 2 rings (SSSR count). The first-order valence-electron chi connectivity index (χ1n) is 5.54. The van der Waals surface area contributed by atoms with Crippen LogP contribution in [0.3, 0.4) is 0 Å². The molecule has 0 N–H and O–H groups in total. The van der Waals surface area contributed by atoms with Gasteiger partial charge in [-0.25, -0.2) is 0 Å². The lowest BCUT2D eigenvalue weighted by atomic mass is 10.0. The van der Waals surface area contributed by atoms with E-state index >= 15 is 0 Å². The highest BCUT2D eigenvalue weighted by Gasteiger charge is 2.32. The predicted molar refractivity (Wildman–Crippen MR) is 62.6 cm³/mol. The van der Waals surface area contributed by atoms with Crippen LogP contribution in [0.2, 0.25) is 0 Å². The van der Waals surface area contributed by atoms with Gasteiger partial charge in [-0.3, -0.25) is 4.79 Å². The van der Waals surface area contributed by atoms with Gasteiger partial charge in [0.15, 0.2) is 11.5 Å². The third-order valence-electron chi connectivity index (χ3n) is 3.23. The average Bonchev–Trinajstić information content (AvgIpc) is 2.80. The molecule has 4 nitrogen and oxygen atoms in total. The molecule has 0 heterocycles. The standard InChI is InChI=1S/C13H16O4/c1-15-11-7-6-8-9(12(11)16-2)4-5-10(8)13(14)17-3/h6-7,10H,4-5H2,1-3H3. The van der Waals surface area contributed by atoms with Crippen molar-refractivity contribution in [2.24, 2.45) is 0 Å². The van der Waals surface area contributed by atoms with Gasteiger partial charge < -0.3 is 14.2 Å². The quantitative estimate of drug-likeness (QED) is 0.752. The van der Waals surface area contributed by atoms with Gasteiger partial charge in [0.25, 0.3) is 0 Å². The second-order valence-corrected chi connectivity index (χ2v) is 3.98. The summed E-state index contributed by atoms with van der Waals surface area (Å²) in [6.07, 6.45) is 1.58. The Balaban J connectivity index is 2.45. The van der Waals surface area contributed by atoms with E-state index in [1.54, 1.807) is 14.2 Å². The minimum Gasteiger partial charge on any atom is -0.493 e. The normalized spacial score (nSPS) is 17.5. The molecule has 4 heteroatoms. The molecule has 1 aromatic carbocycles. The van der Waals surface area contributed by atoms with E-state index in [2.05, 4.69) is 0 Å². The Morgan fingerprint density at radius 2 is 2.00 bits per heavy atom. The number of methoxy groups -OCH3 is 3. The molecule has 1 aliphatic rings. The van der Waals surface area contributed by atoms with Gasteiger partial charge in [0, 0.05) is 5.56 Å². The highest BCUT2D eigenvalue weighted by molar-refractivity contribution is 5.80. The van der Waals surface area contributed by atoms with Crippen molar-refractivity contribution in [1.82, 2.24) is 0 Å². The molecular formula is C13H16O4. The summed E-state index contributed by atoms with van der Waals surface area (Å²) in [6.45, 7) is 0. The summed E-state index contributed by atoms with van der Waals surface area (Å²) in [5.41, 5.74) is 2.05. The first kappa shape index (κ1) is 11.8. The van der Waals surface area contributed by atoms with Crippen LogP contribution in [0.1, 0.15) is 23.5 Å². The Labute approximate surface area is 100 Å². The van der Waals surface area contributed by atoms with Gasteiger partial charge in [0.1, 0.15) is 0 Å². The smallest absolute Gasteiger partial charge is 0.313 e. The summed E-state index contributed by atoms with van der Waals surface area (Å²) in [5.74, 6) is 1.08. The van der Waals surface area contributed by atoms with E-state index in [0.717, 1.165) is 29.7 Å². The molecule has 0 bridgehead atoms. The predicted octanol–water partition coefficient (Wildman–Crippen LogP) is 1.91. The number of ether oxygens (including phenoxy) is 3. The fourth-order valence-corrected chi connectivity index (χ4v) is 2.42. The zero-order valence-corrected chi connectivity index (χ0v) is 10.3. The number of esters is 1. The van der Waals surface area contributed by atoms with Crippen LogP contribution in [-0.2, 0) is 16.0 Å². The molecule has 0 fully saturated rings. The highest BCUT2D eigenvalue weighted by Crippen LogP contribution is 2.43. The van der Waals surface area contributed by atoms with E-state index in [0.29, 0.717) is 5.75 Å². The van der Waals surface area contributed by atoms with Gasteiger partial charge in [0.05, 0.1) is 27.2 Å². The second-order valence-electron chi connectivity index (χ2n) is 3.98. The SMILES string of the molecule is COC(=O)C1CCc2c1ccc(OC)c2OC. The molecule has 0 amide bonds. The molecule has 1 aliphatic carbocycles. The molecule has 0 saturated carbocycles. The first-order chi connectivity index (χ1) is 8.22. The molecule has 92 valence electrons. The first-order valence-corrected chi connectivity index (χ1v) is 5.54. The summed E-state index contributed by atoms with van der Waals surface area (Å²) < 4.78 is 15.4. The summed E-state index contributed by atoms with van der Waals surface area (Å²) in [4.78, 5) is 11.6. The monoisotopic (exact) mass is 236 g/mol. The van der Waals surface area contributed by atoms with Crippen LogP contribution < -0.4 is 9.47 Å². The van der Waals surface area contributed by atoms with Crippen molar-refractivity contribution in [2.45, 2.75) is 18.8 Å². The summed E-state index contributed by atoms with van der Waals surface area (Å²) >= 11 is 0. The lowest BCUT2D eigenvalue weighted by molar-refractivity contribution is -0.142. The third kappa shape index (κ3) is 1.84. The Kier molecular flexibility index (Phi) is 3.22. The van der Waals surface area contributed by atoms with Gasteiger partial charge in [0.2, 0.25) is 0 Å². The fraction of sp³-hybridized carbons (Fsp3) is 0.462. The number of benzene rings is 1. The van der Waals surface area contributed by atoms with E-state index in [1.807, 2.05) is 12.1 Å². The van der Waals surface area contributed by atoms with E-state index in [1.165, 1.54) is 7.11 Å². The lowest BCUT2D eigenvalue weighted by Crippen LogP contribution is -2.11. The van der Waals surface area contributed by atoms with Gasteiger partial charge in [-0.2, -0.15) is 0 Å². The fourth-order valence-electron chi connectivity index (χ4n) is 2.42. The number of carbonyl (C=O) groups excluding carboxylic acids is 1. The molecule has 1 atom stereocenters. The van der Waals surface area contributed by atoms with Gasteiger partial charge in [-0.15, -0.1) is 0 Å². The number of rotatable bonds is 3. The van der Waals surface area contributed by atoms with Crippen LogP contribution in [-0.4, -0.2) is 27.3 Å². The molecule has 1 aromatic rings. The average molecular weight is 236 g/mol. The van der Waals surface area contributed by atoms with Gasteiger partial charge >= 0.3 is 5.97 Å². The highest BCUT2D eigenvalue weighted by atomic mass is 16.5. The van der Waals surface area contributed by atoms with Crippen molar-refractivity contribution in [3.63, 3.8) is 0 Å². The maximum Gasteiger partial charge on any atom is 0.313 e. The lowest BCUT2D eigenvalue weighted by Gasteiger charge is -2.13. The Morgan fingerprint density at radius 1 is 1.24 bits per heavy atom. The van der Waals surface area contributed by atoms with Crippen LogP contribution in [0, 0.1) is 0 Å². The largest absolute Gasteiger partial charge is 0.493 e. The number of carbonyl (C=O) groups is 1. The Bertz CT molecular complexity index is 439. The maximum absolute atomic E-state index is 11.6. The van der Waals surface area contributed by atoms with Crippen molar-refractivity contribution < 1.29 is 19.0 Å². The second kappa shape index (κ2) is 4.65. The summed E-state index contributed by atoms with van der Waals surface area (Å²) in [5, 5.41) is 0. The molecule has 0 aromatic heterocycles. The molecule has 0 spiro atoms. The van der Waals surface area contributed by atoms with Crippen molar-refractivity contribution in [1.29, 1.82) is 0 Å². The minimum absolute atomic E-state index is 0.171. The number of hydrogen-bond acceptors (Lipinski definition) is 4. The van der Waals surface area contributed by atoms with E-state index < -0.39 is 0 Å². The molecule has 17 heavy (non-hydrogen) atoms. The number of fused-ring (bicyclic) bond motifs is 1. The van der Waals surface area contributed by atoms with Crippen molar-refractivity contribution >= 4 is 5.97 Å². The van der Waals surface area contributed by atoms with Crippen molar-refractivity contribution in [2.75, 3.05) is 21.3 Å². The zero-order chi connectivity index (χ0) is 12.4. The molecule has 0 saturated heterocycles. The molecular weight excluding hydrogens is 220 g/mol. The van der Waals surface area contributed by atoms with Crippen LogP contribution in [0.5, 0.6) is 11.5 Å². The van der Waals surface area contributed by atoms with Crippen molar-refractivity contribution in [3.8, 4) is 11.5 Å². The summed E-state index contributed by atoms with van der Waals surface area (Å²) in [7, 11) is 4.64. The molecule has 0 radical (unpaired) electrons. The summed E-state index contributed by atoms with van der Waals surface area (Å²) in [6, 6.07) is 3.75. The molecule has 0 aliphatic heterocycles. The van der Waals surface area contributed by atoms with Crippen LogP contribution >= 0.6 is 0 Å². The van der Waals surface area contributed by atoms with E-state index in [-0.39, 0.29) is 11.9 Å². The topological polar surface area (TPSA) is 44.8 Å². The molecule has 1 unspecified atom stereocenters. The number of hydrogen-bond donors (Lipinski definition) is 0. The Hall–Kier alpha value is -1.71. The van der Waals surface area contributed by atoms with Crippen LogP contribution in [0.4, 0.5) is 0 Å². The van der Waals surface area contributed by atoms with Gasteiger partial charge in [-0.05, 0) is 24.5 Å². The van der Waals surface area contributed by atoms with E-state index in [9.17, 15) is 4.79 Å². The van der Waals surface area contributed by atoms with Crippen LogP contribution in [0.25, 0.3) is 0 Å². The Morgan fingerprint density at radius 3 is 2.59 bits per heavy atom.